The molecule has 1 aliphatic heterocycles. The third-order valence-corrected chi connectivity index (χ3v) is 9.96. The first-order chi connectivity index (χ1) is 9.65. The minimum Gasteiger partial charge on any atom is -0.413 e. The van der Waals surface area contributed by atoms with Crippen LogP contribution in [-0.4, -0.2) is 20.5 Å². The fourth-order valence-corrected chi connectivity index (χ4v) is 3.78. The lowest BCUT2D eigenvalue weighted by molar-refractivity contribution is -0.115. The van der Waals surface area contributed by atoms with E-state index in [1.807, 2.05) is 6.26 Å². The summed E-state index contributed by atoms with van der Waals surface area (Å²) < 4.78 is 6.24. The van der Waals surface area contributed by atoms with Crippen LogP contribution in [-0.2, 0) is 15.8 Å². The number of thioether (sulfide) groups is 1. The molecule has 0 saturated carbocycles. The van der Waals surface area contributed by atoms with Gasteiger partial charge in [0.05, 0.1) is 6.61 Å². The second-order valence-corrected chi connectivity index (χ2v) is 12.8. The molecule has 1 aliphatic rings. The van der Waals surface area contributed by atoms with E-state index in [2.05, 4.69) is 57.4 Å². The highest BCUT2D eigenvalue weighted by molar-refractivity contribution is 7.99. The van der Waals surface area contributed by atoms with Crippen LogP contribution in [0.2, 0.25) is 18.1 Å². The number of amides is 1. The molecule has 0 bridgehead atoms. The molecule has 1 aromatic carbocycles. The number of nitrogens with one attached hydrogen (secondary N) is 1. The molecule has 1 amide bonds. The maximum atomic E-state index is 11.9. The summed E-state index contributed by atoms with van der Waals surface area (Å²) in [6.45, 7) is 11.9. The molecule has 116 valence electrons. The van der Waals surface area contributed by atoms with E-state index >= 15 is 0 Å². The van der Waals surface area contributed by atoms with Crippen molar-refractivity contribution in [3.05, 3.63) is 29.3 Å². The Hall–Kier alpha value is -0.783. The van der Waals surface area contributed by atoms with Gasteiger partial charge in [0.15, 0.2) is 8.32 Å². The van der Waals surface area contributed by atoms with Gasteiger partial charge in [-0.1, -0.05) is 32.9 Å². The number of fused-ring (bicyclic) bond motifs is 1. The molecule has 1 N–H and O–H groups in total. The molecule has 1 unspecified atom stereocenters. The van der Waals surface area contributed by atoms with Gasteiger partial charge in [-0.3, -0.25) is 4.79 Å². The Morgan fingerprint density at radius 2 is 2.00 bits per heavy atom. The van der Waals surface area contributed by atoms with Gasteiger partial charge in [0.2, 0.25) is 5.91 Å². The van der Waals surface area contributed by atoms with Crippen LogP contribution in [0.15, 0.2) is 18.2 Å². The van der Waals surface area contributed by atoms with Crippen molar-refractivity contribution in [1.82, 2.24) is 0 Å². The number of anilines is 1. The second kappa shape index (κ2) is 5.78. The summed E-state index contributed by atoms with van der Waals surface area (Å²) in [6.07, 6.45) is 1.97. The summed E-state index contributed by atoms with van der Waals surface area (Å²) in [5.74, 6) is 0.0833. The second-order valence-electron chi connectivity index (χ2n) is 7.08. The van der Waals surface area contributed by atoms with E-state index in [-0.39, 0.29) is 16.2 Å². The van der Waals surface area contributed by atoms with E-state index in [9.17, 15) is 4.79 Å². The van der Waals surface area contributed by atoms with Gasteiger partial charge in [-0.15, -0.1) is 11.8 Å². The average Bonchev–Trinajstić information content (AvgIpc) is 2.69. The zero-order valence-electron chi connectivity index (χ0n) is 13.7. The molecule has 0 fully saturated rings. The minimum absolute atomic E-state index is 0.0737. The van der Waals surface area contributed by atoms with E-state index in [1.54, 1.807) is 11.8 Å². The van der Waals surface area contributed by atoms with Crippen molar-refractivity contribution in [1.29, 1.82) is 0 Å². The molecule has 1 atom stereocenters. The van der Waals surface area contributed by atoms with E-state index in [1.165, 1.54) is 0 Å². The standard InChI is InChI=1S/C16H25NO2SSi/c1-16(2,3)21(5,6)19-10-11-7-8-12-13(9-11)17-15(18)14(12)20-4/h7-9,14H,10H2,1-6H3,(H,17,18). The van der Waals surface area contributed by atoms with Crippen LogP contribution in [0.1, 0.15) is 37.1 Å². The normalized spacial score (nSPS) is 18.6. The Kier molecular flexibility index (Phi) is 4.56. The molecule has 0 aromatic heterocycles. The molecular formula is C16H25NO2SSi. The Labute approximate surface area is 133 Å². The van der Waals surface area contributed by atoms with Crippen LogP contribution in [0, 0.1) is 0 Å². The predicted octanol–water partition coefficient (Wildman–Crippen LogP) is 4.56. The first kappa shape index (κ1) is 16.6. The molecule has 0 saturated heterocycles. The SMILES string of the molecule is CSC1C(=O)Nc2cc(CO[Si](C)(C)C(C)(C)C)ccc21. The highest BCUT2D eigenvalue weighted by Gasteiger charge is 2.37. The van der Waals surface area contributed by atoms with Gasteiger partial charge >= 0.3 is 0 Å². The number of carbonyl (C=O) groups excluding carboxylic acids is 1. The quantitative estimate of drug-likeness (QED) is 0.825. The topological polar surface area (TPSA) is 38.3 Å². The Balaban J connectivity index is 2.11. The summed E-state index contributed by atoms with van der Waals surface area (Å²) in [4.78, 5) is 11.9. The monoisotopic (exact) mass is 323 g/mol. The molecule has 3 nitrogen and oxygen atoms in total. The van der Waals surface area contributed by atoms with Crippen LogP contribution >= 0.6 is 11.8 Å². The van der Waals surface area contributed by atoms with E-state index in [0.717, 1.165) is 16.8 Å². The molecule has 0 radical (unpaired) electrons. The van der Waals surface area contributed by atoms with Gasteiger partial charge < -0.3 is 9.74 Å². The van der Waals surface area contributed by atoms with Crippen LogP contribution in [0.5, 0.6) is 0 Å². The number of carbonyl (C=O) groups is 1. The van der Waals surface area contributed by atoms with Crippen LogP contribution in [0.25, 0.3) is 0 Å². The lowest BCUT2D eigenvalue weighted by Gasteiger charge is -2.36. The molecule has 0 spiro atoms. The van der Waals surface area contributed by atoms with Crippen LogP contribution < -0.4 is 5.32 Å². The van der Waals surface area contributed by atoms with Crippen molar-refractivity contribution in [3.63, 3.8) is 0 Å². The summed E-state index contributed by atoms with van der Waals surface area (Å²) in [5.41, 5.74) is 3.15. The van der Waals surface area contributed by atoms with Crippen molar-refractivity contribution < 1.29 is 9.22 Å². The maximum Gasteiger partial charge on any atom is 0.242 e. The maximum absolute atomic E-state index is 11.9. The summed E-state index contributed by atoms with van der Waals surface area (Å²) in [7, 11) is -1.74. The Morgan fingerprint density at radius 1 is 1.33 bits per heavy atom. The zero-order valence-corrected chi connectivity index (χ0v) is 15.6. The smallest absolute Gasteiger partial charge is 0.242 e. The van der Waals surface area contributed by atoms with Crippen molar-refractivity contribution in [2.45, 2.75) is 50.8 Å². The summed E-state index contributed by atoms with van der Waals surface area (Å²) in [6, 6.07) is 6.19. The van der Waals surface area contributed by atoms with E-state index in [0.29, 0.717) is 6.61 Å². The van der Waals surface area contributed by atoms with E-state index < -0.39 is 8.32 Å². The third-order valence-electron chi connectivity index (χ3n) is 4.54. The zero-order chi connectivity index (χ0) is 15.8. The van der Waals surface area contributed by atoms with Crippen LogP contribution in [0.3, 0.4) is 0 Å². The average molecular weight is 324 g/mol. The van der Waals surface area contributed by atoms with Crippen LogP contribution in [0.4, 0.5) is 5.69 Å². The molecular weight excluding hydrogens is 298 g/mol. The lowest BCUT2D eigenvalue weighted by Crippen LogP contribution is -2.40. The predicted molar refractivity (Wildman–Crippen MR) is 93.3 cm³/mol. The fourth-order valence-electron chi connectivity index (χ4n) is 2.08. The number of hydrogen-bond donors (Lipinski definition) is 1. The highest BCUT2D eigenvalue weighted by Crippen LogP contribution is 2.40. The highest BCUT2D eigenvalue weighted by atomic mass is 32.2. The number of benzene rings is 1. The van der Waals surface area contributed by atoms with Gasteiger partial charge in [0.25, 0.3) is 0 Å². The van der Waals surface area contributed by atoms with Crippen molar-refractivity contribution in [2.24, 2.45) is 0 Å². The first-order valence-electron chi connectivity index (χ1n) is 7.26. The molecule has 0 aliphatic carbocycles. The van der Waals surface area contributed by atoms with Crippen molar-refractivity contribution in [2.75, 3.05) is 11.6 Å². The molecule has 5 heteroatoms. The third kappa shape index (κ3) is 3.35. The van der Waals surface area contributed by atoms with Gasteiger partial charge in [-0.05, 0) is 41.6 Å². The largest absolute Gasteiger partial charge is 0.413 e. The van der Waals surface area contributed by atoms with Crippen molar-refractivity contribution in [3.8, 4) is 0 Å². The molecule has 2 rings (SSSR count). The van der Waals surface area contributed by atoms with Gasteiger partial charge in [-0.2, -0.15) is 0 Å². The number of rotatable bonds is 4. The van der Waals surface area contributed by atoms with Gasteiger partial charge in [0, 0.05) is 5.69 Å². The molecule has 1 heterocycles. The summed E-state index contributed by atoms with van der Waals surface area (Å²) in [5, 5.41) is 3.10. The first-order valence-corrected chi connectivity index (χ1v) is 11.5. The molecule has 1 aromatic rings. The Bertz CT molecular complexity index is 552. The summed E-state index contributed by atoms with van der Waals surface area (Å²) >= 11 is 1.57. The van der Waals surface area contributed by atoms with Gasteiger partial charge in [0.1, 0.15) is 5.25 Å². The Morgan fingerprint density at radius 3 is 2.57 bits per heavy atom. The molecule has 21 heavy (non-hydrogen) atoms. The lowest BCUT2D eigenvalue weighted by atomic mass is 10.1. The number of hydrogen-bond acceptors (Lipinski definition) is 3. The fraction of sp³-hybridized carbons (Fsp3) is 0.562. The van der Waals surface area contributed by atoms with Gasteiger partial charge in [-0.25, -0.2) is 0 Å². The minimum atomic E-state index is -1.74. The van der Waals surface area contributed by atoms with Crippen molar-refractivity contribution >= 4 is 31.7 Å². The van der Waals surface area contributed by atoms with E-state index in [4.69, 9.17) is 4.43 Å².